The highest BCUT2D eigenvalue weighted by molar-refractivity contribution is 6.19. The summed E-state index contributed by atoms with van der Waals surface area (Å²) < 4.78 is 26.6. The third-order valence-corrected chi connectivity index (χ3v) is 6.19. The van der Waals surface area contributed by atoms with Crippen LogP contribution in [0.2, 0.25) is 0 Å². The van der Waals surface area contributed by atoms with Gasteiger partial charge in [0.15, 0.2) is 11.6 Å². The number of amides is 2. The van der Waals surface area contributed by atoms with Gasteiger partial charge in [-0.05, 0) is 62.2 Å². The molecule has 0 spiro atoms. The van der Waals surface area contributed by atoms with E-state index in [-0.39, 0.29) is 29.0 Å². The van der Waals surface area contributed by atoms with E-state index in [9.17, 15) is 19.2 Å². The molecule has 1 aliphatic rings. The number of hydrogen-bond acceptors (Lipinski definition) is 6. The molecule has 8 nitrogen and oxygen atoms in total. The highest BCUT2D eigenvalue weighted by Crippen LogP contribution is 2.32. The van der Waals surface area contributed by atoms with Crippen LogP contribution in [0.15, 0.2) is 71.4 Å². The molecule has 9 heteroatoms. The Bertz CT molecular complexity index is 1470. The van der Waals surface area contributed by atoms with E-state index in [0.29, 0.717) is 36.5 Å². The summed E-state index contributed by atoms with van der Waals surface area (Å²) >= 11 is 0. The van der Waals surface area contributed by atoms with E-state index < -0.39 is 17.6 Å². The first kappa shape index (κ1) is 26.5. The Kier molecular flexibility index (Phi) is 8.14. The molecule has 0 aliphatic carbocycles. The molecule has 1 aromatic heterocycles. The normalized spacial score (nSPS) is 14.8. The average molecular weight is 515 g/mol. The van der Waals surface area contributed by atoms with Crippen molar-refractivity contribution in [2.75, 3.05) is 26.9 Å². The summed E-state index contributed by atoms with van der Waals surface area (Å²) in [5.41, 5.74) is 2.55. The predicted octanol–water partition coefficient (Wildman–Crippen LogP) is 4.71. The molecule has 0 saturated heterocycles. The van der Waals surface area contributed by atoms with E-state index in [0.717, 1.165) is 10.6 Å². The molecule has 194 valence electrons. The van der Waals surface area contributed by atoms with E-state index in [2.05, 4.69) is 5.10 Å². The Morgan fingerprint density at radius 1 is 1.13 bits per heavy atom. The van der Waals surface area contributed by atoms with E-state index in [4.69, 9.17) is 9.47 Å². The van der Waals surface area contributed by atoms with Crippen molar-refractivity contribution in [2.45, 2.75) is 20.3 Å². The van der Waals surface area contributed by atoms with Gasteiger partial charge in [0, 0.05) is 42.7 Å². The minimum absolute atomic E-state index is 0.0947. The lowest BCUT2D eigenvalue weighted by molar-refractivity contribution is -0.140. The summed E-state index contributed by atoms with van der Waals surface area (Å²) in [6.45, 7) is 4.46. The number of para-hydroxylation sites is 1. The highest BCUT2D eigenvalue weighted by Gasteiger charge is 2.35. The number of rotatable bonds is 9. The molecular weight excluding hydrogens is 487 g/mol. The molecule has 0 radical (unpaired) electrons. The number of nitriles is 1. The lowest BCUT2D eigenvalue weighted by Gasteiger charge is -2.27. The van der Waals surface area contributed by atoms with E-state index in [1.807, 2.05) is 43.3 Å². The third kappa shape index (κ3) is 5.26. The number of imide groups is 1. The SMILES string of the molecule is CCOCCCN1C(=O)C(C#N)=C(C)/C(=C\c2cn(-c3ccccc3)nc2-c2ccc(OC)c(F)c2)C1=O. The molecule has 0 N–H and O–H groups in total. The van der Waals surface area contributed by atoms with E-state index >= 15 is 0 Å². The first-order valence-electron chi connectivity index (χ1n) is 12.2. The maximum atomic E-state index is 14.6. The second-order valence-electron chi connectivity index (χ2n) is 8.54. The van der Waals surface area contributed by atoms with Crippen LogP contribution >= 0.6 is 0 Å². The molecule has 0 fully saturated rings. The Morgan fingerprint density at radius 2 is 1.89 bits per heavy atom. The maximum Gasteiger partial charge on any atom is 0.271 e. The zero-order chi connectivity index (χ0) is 27.2. The van der Waals surface area contributed by atoms with Gasteiger partial charge in [0.1, 0.15) is 17.3 Å². The summed E-state index contributed by atoms with van der Waals surface area (Å²) in [6, 6.07) is 15.8. The van der Waals surface area contributed by atoms with Crippen molar-refractivity contribution >= 4 is 17.9 Å². The van der Waals surface area contributed by atoms with Crippen LogP contribution in [0, 0.1) is 17.1 Å². The maximum absolute atomic E-state index is 14.6. The van der Waals surface area contributed by atoms with Crippen LogP contribution in [-0.2, 0) is 14.3 Å². The molecule has 2 amide bonds. The van der Waals surface area contributed by atoms with E-state index in [1.165, 1.54) is 19.2 Å². The van der Waals surface area contributed by atoms with Crippen molar-refractivity contribution in [1.82, 2.24) is 14.7 Å². The zero-order valence-corrected chi connectivity index (χ0v) is 21.4. The molecule has 4 rings (SSSR count). The quantitative estimate of drug-likeness (QED) is 0.233. The van der Waals surface area contributed by atoms with Crippen molar-refractivity contribution in [1.29, 1.82) is 5.26 Å². The van der Waals surface area contributed by atoms with E-state index in [1.54, 1.807) is 29.9 Å². The summed E-state index contributed by atoms with van der Waals surface area (Å²) in [7, 11) is 1.38. The molecule has 2 aromatic carbocycles. The lowest BCUT2D eigenvalue weighted by atomic mass is 9.93. The second kappa shape index (κ2) is 11.7. The minimum atomic E-state index is -0.624. The summed E-state index contributed by atoms with van der Waals surface area (Å²) in [5, 5.41) is 14.4. The number of carbonyl (C=O) groups is 2. The fourth-order valence-electron chi connectivity index (χ4n) is 4.20. The molecule has 38 heavy (non-hydrogen) atoms. The average Bonchev–Trinajstić information content (AvgIpc) is 3.35. The first-order valence-corrected chi connectivity index (χ1v) is 12.2. The van der Waals surface area contributed by atoms with Gasteiger partial charge in [-0.2, -0.15) is 10.4 Å². The molecule has 2 heterocycles. The Balaban J connectivity index is 1.84. The standard InChI is InChI=1S/C29H27FN4O4/c1-4-38-14-8-13-33-28(35)23(19(2)24(17-31)29(33)36)15-21-18-34(22-9-6-5-7-10-22)32-27(21)20-11-12-26(37-3)25(30)16-20/h5-7,9-12,15-16,18H,4,8,13-14H2,1-3H3/b23-15+. The fraction of sp³-hybridized carbons (Fsp3) is 0.241. The molecule has 1 aliphatic heterocycles. The lowest BCUT2D eigenvalue weighted by Crippen LogP contribution is -2.43. The number of aromatic nitrogens is 2. The van der Waals surface area contributed by atoms with Crippen LogP contribution < -0.4 is 4.74 Å². The molecule has 3 aromatic rings. The largest absolute Gasteiger partial charge is 0.494 e. The van der Waals surface area contributed by atoms with Crippen LogP contribution in [0.4, 0.5) is 4.39 Å². The molecule has 0 bridgehead atoms. The van der Waals surface area contributed by atoms with Crippen molar-refractivity contribution in [3.05, 3.63) is 82.8 Å². The summed E-state index contributed by atoms with van der Waals surface area (Å²) in [5.74, 6) is -1.60. The van der Waals surface area contributed by atoms with Crippen LogP contribution in [0.25, 0.3) is 23.0 Å². The van der Waals surface area contributed by atoms with Crippen LogP contribution in [0.1, 0.15) is 25.8 Å². The number of carbonyl (C=O) groups excluding carboxylic acids is 2. The van der Waals surface area contributed by atoms with Crippen molar-refractivity contribution in [2.24, 2.45) is 0 Å². The van der Waals surface area contributed by atoms with Gasteiger partial charge >= 0.3 is 0 Å². The predicted molar refractivity (Wildman–Crippen MR) is 140 cm³/mol. The number of hydrogen-bond donors (Lipinski definition) is 0. The number of nitrogens with zero attached hydrogens (tertiary/aromatic N) is 4. The van der Waals surface area contributed by atoms with Gasteiger partial charge in [0.25, 0.3) is 11.8 Å². The smallest absolute Gasteiger partial charge is 0.271 e. The van der Waals surface area contributed by atoms with Crippen LogP contribution in [0.3, 0.4) is 0 Å². The Labute approximate surface area is 220 Å². The number of halogens is 1. The van der Waals surface area contributed by atoms with Gasteiger partial charge in [-0.15, -0.1) is 0 Å². The number of benzene rings is 2. The molecule has 0 unspecified atom stereocenters. The number of ether oxygens (including phenoxy) is 2. The second-order valence-corrected chi connectivity index (χ2v) is 8.54. The summed E-state index contributed by atoms with van der Waals surface area (Å²) in [6.07, 6.45) is 3.77. The number of methoxy groups -OCH3 is 1. The zero-order valence-electron chi connectivity index (χ0n) is 21.4. The van der Waals surface area contributed by atoms with Gasteiger partial charge in [-0.25, -0.2) is 9.07 Å². The van der Waals surface area contributed by atoms with Crippen LogP contribution in [0.5, 0.6) is 5.75 Å². The van der Waals surface area contributed by atoms with Gasteiger partial charge in [0.05, 0.1) is 12.8 Å². The molecular formula is C29H27FN4O4. The van der Waals surface area contributed by atoms with Crippen molar-refractivity contribution < 1.29 is 23.5 Å². The third-order valence-electron chi connectivity index (χ3n) is 6.19. The van der Waals surface area contributed by atoms with Crippen molar-refractivity contribution in [3.63, 3.8) is 0 Å². The minimum Gasteiger partial charge on any atom is -0.494 e. The monoisotopic (exact) mass is 514 g/mol. The summed E-state index contributed by atoms with van der Waals surface area (Å²) in [4.78, 5) is 27.5. The van der Waals surface area contributed by atoms with Gasteiger partial charge in [0.2, 0.25) is 0 Å². The van der Waals surface area contributed by atoms with Crippen molar-refractivity contribution in [3.8, 4) is 28.8 Å². The molecule has 0 saturated carbocycles. The Hall–Kier alpha value is -4.55. The highest BCUT2D eigenvalue weighted by atomic mass is 19.1. The van der Waals surface area contributed by atoms with Gasteiger partial charge in [-0.1, -0.05) is 18.2 Å². The molecule has 0 atom stereocenters. The van der Waals surface area contributed by atoms with Crippen LogP contribution in [-0.4, -0.2) is 53.4 Å². The fourth-order valence-corrected chi connectivity index (χ4v) is 4.20. The van der Waals surface area contributed by atoms with Gasteiger partial charge < -0.3 is 9.47 Å². The topological polar surface area (TPSA) is 97.5 Å². The Morgan fingerprint density at radius 3 is 2.55 bits per heavy atom. The first-order chi connectivity index (χ1) is 18.4. The van der Waals surface area contributed by atoms with Gasteiger partial charge in [-0.3, -0.25) is 14.5 Å².